The maximum atomic E-state index is 14.4. The lowest BCUT2D eigenvalue weighted by Crippen LogP contribution is -2.63. The van der Waals surface area contributed by atoms with Crippen molar-refractivity contribution in [3.05, 3.63) is 12.7 Å². The first-order valence-corrected chi connectivity index (χ1v) is 19.8. The van der Waals surface area contributed by atoms with E-state index in [0.717, 1.165) is 51.4 Å². The minimum Gasteiger partial charge on any atom is -0.347 e. The minimum absolute atomic E-state index is 0.00226. The Morgan fingerprint density at radius 2 is 1.57 bits per heavy atom. The molecule has 4 atom stereocenters. The van der Waals surface area contributed by atoms with E-state index in [1.807, 2.05) is 20.8 Å². The Balaban J connectivity index is 1.51. The zero-order valence-corrected chi connectivity index (χ0v) is 31.2. The van der Waals surface area contributed by atoms with Crippen molar-refractivity contribution in [2.24, 2.45) is 17.3 Å². The van der Waals surface area contributed by atoms with E-state index >= 15 is 0 Å². The molecule has 0 bridgehead atoms. The molecular formula is C36H59N5O7S. The number of nitrogens with zero attached hydrogens (tertiary/aromatic N) is 1. The Kier molecular flexibility index (Phi) is 12.0. The highest BCUT2D eigenvalue weighted by Gasteiger charge is 2.47. The molecular weight excluding hydrogens is 646 g/mol. The number of carbonyl (C=O) groups is 5. The smallest absolute Gasteiger partial charge is 0.315 e. The maximum Gasteiger partial charge on any atom is 0.315 e. The van der Waals surface area contributed by atoms with Crippen LogP contribution in [-0.4, -0.2) is 89.6 Å². The maximum absolute atomic E-state index is 14.4. The monoisotopic (exact) mass is 705 g/mol. The third kappa shape index (κ3) is 10.3. The Hall–Kier alpha value is -2.96. The summed E-state index contributed by atoms with van der Waals surface area (Å²) in [5.74, 6) is -2.24. The van der Waals surface area contributed by atoms with Gasteiger partial charge in [-0.25, -0.2) is 13.2 Å². The van der Waals surface area contributed by atoms with E-state index in [9.17, 15) is 32.4 Å². The molecule has 276 valence electrons. The van der Waals surface area contributed by atoms with Gasteiger partial charge in [0.1, 0.15) is 12.1 Å². The summed E-state index contributed by atoms with van der Waals surface area (Å²) in [6, 6.07) is -3.61. The molecule has 4 rings (SSSR count). The predicted octanol–water partition coefficient (Wildman–Crippen LogP) is 3.54. The van der Waals surface area contributed by atoms with Crippen molar-refractivity contribution in [3.63, 3.8) is 0 Å². The van der Waals surface area contributed by atoms with Crippen LogP contribution in [0.4, 0.5) is 4.79 Å². The van der Waals surface area contributed by atoms with Crippen LogP contribution in [0, 0.1) is 17.3 Å². The molecule has 13 heteroatoms. The van der Waals surface area contributed by atoms with E-state index in [1.165, 1.54) is 4.90 Å². The molecule has 0 aromatic heterocycles. The fourth-order valence-electron chi connectivity index (χ4n) is 6.86. The summed E-state index contributed by atoms with van der Waals surface area (Å²) in [6.07, 6.45) is 10.4. The number of likely N-dealkylation sites (tertiary alicyclic amines) is 1. The molecule has 3 aliphatic carbocycles. The molecule has 12 nitrogen and oxygen atoms in total. The van der Waals surface area contributed by atoms with Crippen molar-refractivity contribution in [2.75, 3.05) is 12.3 Å². The summed E-state index contributed by atoms with van der Waals surface area (Å²) in [4.78, 5) is 69.3. The molecule has 0 radical (unpaired) electrons. The van der Waals surface area contributed by atoms with Crippen LogP contribution in [0.2, 0.25) is 0 Å². The Morgan fingerprint density at radius 1 is 0.939 bits per heavy atom. The number of carbonyl (C=O) groups excluding carboxylic acids is 5. The second-order valence-electron chi connectivity index (χ2n) is 17.0. The number of nitrogens with one attached hydrogen (secondary N) is 4. The zero-order valence-electron chi connectivity index (χ0n) is 30.4. The van der Waals surface area contributed by atoms with Crippen LogP contribution in [-0.2, 0) is 29.0 Å². The predicted molar refractivity (Wildman–Crippen MR) is 188 cm³/mol. The van der Waals surface area contributed by atoms with Gasteiger partial charge in [0, 0.05) is 12.6 Å². The summed E-state index contributed by atoms with van der Waals surface area (Å²) in [6.45, 7) is 14.5. The zero-order chi connectivity index (χ0) is 36.4. The Morgan fingerprint density at radius 3 is 2.10 bits per heavy atom. The number of sulfone groups is 1. The summed E-state index contributed by atoms with van der Waals surface area (Å²) < 4.78 is 25.6. The van der Waals surface area contributed by atoms with Crippen molar-refractivity contribution < 1.29 is 32.4 Å². The second-order valence-corrected chi connectivity index (χ2v) is 19.8. The molecule has 0 aromatic rings. The largest absolute Gasteiger partial charge is 0.347 e. The number of ketones is 1. The molecule has 4 aliphatic rings. The van der Waals surface area contributed by atoms with Gasteiger partial charge in [0.15, 0.2) is 9.84 Å². The number of rotatable bonds is 14. The van der Waals surface area contributed by atoms with Crippen LogP contribution in [0.5, 0.6) is 0 Å². The Labute approximate surface area is 292 Å². The van der Waals surface area contributed by atoms with Gasteiger partial charge in [-0.2, -0.15) is 0 Å². The molecule has 0 unspecified atom stereocenters. The number of hydrogen-bond acceptors (Lipinski definition) is 7. The van der Waals surface area contributed by atoms with Crippen LogP contribution in [0.1, 0.15) is 119 Å². The van der Waals surface area contributed by atoms with Gasteiger partial charge in [-0.05, 0) is 83.0 Å². The standard InChI is InChI=1S/C36H59N5O7S/c1-8-23-20-27(30(43)38-26(17-14-24-12-13-24)28(42)31(44)37-25-15-16-25)41(21-23)32(45)29(34(2,3)4)39-33(46)40-36(18-10-9-11-19-36)22-49(47,48)35(5,6)7/h8,23-27,29H,1,9-22H2,2-7H3,(H,37,44)(H,38,43)(H2,39,40,46)/t23-,26-,27+,29-/m1/s1. The number of Topliss-reactive ketones (excluding diaryl/α,β-unsaturated/α-hetero) is 1. The van der Waals surface area contributed by atoms with Crippen LogP contribution in [0.25, 0.3) is 0 Å². The molecule has 4 N–H and O–H groups in total. The lowest BCUT2D eigenvalue weighted by Gasteiger charge is -2.41. The van der Waals surface area contributed by atoms with Gasteiger partial charge >= 0.3 is 6.03 Å². The quantitative estimate of drug-likeness (QED) is 0.158. The third-order valence-electron chi connectivity index (χ3n) is 10.6. The van der Waals surface area contributed by atoms with E-state index in [2.05, 4.69) is 27.8 Å². The highest BCUT2D eigenvalue weighted by molar-refractivity contribution is 7.92. The van der Waals surface area contributed by atoms with Crippen molar-refractivity contribution in [1.82, 2.24) is 26.2 Å². The molecule has 0 spiro atoms. The summed E-state index contributed by atoms with van der Waals surface area (Å²) >= 11 is 0. The van der Waals surface area contributed by atoms with Gasteiger partial charge in [-0.3, -0.25) is 19.2 Å². The topological polar surface area (TPSA) is 171 Å². The van der Waals surface area contributed by atoms with Crippen molar-refractivity contribution >= 4 is 39.4 Å². The molecule has 4 fully saturated rings. The highest BCUT2D eigenvalue weighted by Crippen LogP contribution is 2.35. The fraction of sp³-hybridized carbons (Fsp3) is 0.806. The van der Waals surface area contributed by atoms with Crippen molar-refractivity contribution in [1.29, 1.82) is 0 Å². The Bertz CT molecular complexity index is 1380. The molecule has 0 aromatic carbocycles. The van der Waals surface area contributed by atoms with Crippen LogP contribution in [0.15, 0.2) is 12.7 Å². The minimum atomic E-state index is -3.56. The van der Waals surface area contributed by atoms with Crippen molar-refractivity contribution in [2.45, 2.75) is 153 Å². The summed E-state index contributed by atoms with van der Waals surface area (Å²) in [5, 5.41) is 11.4. The number of urea groups is 1. The summed E-state index contributed by atoms with van der Waals surface area (Å²) in [7, 11) is -3.56. The van der Waals surface area contributed by atoms with Crippen LogP contribution >= 0.6 is 0 Å². The van der Waals surface area contributed by atoms with Crippen LogP contribution < -0.4 is 21.3 Å². The van der Waals surface area contributed by atoms with E-state index in [-0.39, 0.29) is 30.7 Å². The number of hydrogen-bond donors (Lipinski definition) is 4. The number of amides is 5. The first kappa shape index (κ1) is 38.8. The third-order valence-corrected chi connectivity index (χ3v) is 13.4. The molecule has 1 heterocycles. The highest BCUT2D eigenvalue weighted by atomic mass is 32.2. The molecule has 5 amide bonds. The van der Waals surface area contributed by atoms with Crippen LogP contribution in [0.3, 0.4) is 0 Å². The van der Waals surface area contributed by atoms with E-state index < -0.39 is 73.2 Å². The molecule has 3 saturated carbocycles. The molecule has 49 heavy (non-hydrogen) atoms. The van der Waals surface area contributed by atoms with Gasteiger partial charge in [0.05, 0.1) is 22.1 Å². The van der Waals surface area contributed by atoms with Gasteiger partial charge < -0.3 is 26.2 Å². The summed E-state index contributed by atoms with van der Waals surface area (Å²) in [5.41, 5.74) is -1.74. The van der Waals surface area contributed by atoms with E-state index in [1.54, 1.807) is 26.8 Å². The first-order chi connectivity index (χ1) is 22.7. The normalized spacial score (nSPS) is 23.9. The average Bonchev–Trinajstić information content (AvgIpc) is 3.94. The first-order valence-electron chi connectivity index (χ1n) is 18.1. The lowest BCUT2D eigenvalue weighted by molar-refractivity contribution is -0.144. The molecule has 1 aliphatic heterocycles. The molecule has 1 saturated heterocycles. The second kappa shape index (κ2) is 15.1. The van der Waals surface area contributed by atoms with E-state index in [4.69, 9.17) is 0 Å². The van der Waals surface area contributed by atoms with Gasteiger partial charge in [-0.15, -0.1) is 6.58 Å². The van der Waals surface area contributed by atoms with Gasteiger partial charge in [0.25, 0.3) is 5.91 Å². The van der Waals surface area contributed by atoms with Crippen molar-refractivity contribution in [3.8, 4) is 0 Å². The van der Waals surface area contributed by atoms with Gasteiger partial charge in [0.2, 0.25) is 17.6 Å². The van der Waals surface area contributed by atoms with E-state index in [0.29, 0.717) is 25.2 Å². The lowest BCUT2D eigenvalue weighted by atomic mass is 9.83. The fourth-order valence-corrected chi connectivity index (χ4v) is 8.38. The average molecular weight is 706 g/mol. The van der Waals surface area contributed by atoms with Gasteiger partial charge in [-0.1, -0.05) is 59.0 Å². The SMILES string of the molecule is C=C[C@@H]1C[C@@H](C(=O)N[C@H](CCC2CC2)C(=O)C(=O)NC2CC2)N(C(=O)[C@@H](NC(=O)NC2(CS(=O)(=O)C(C)(C)C)CCCCC2)C(C)(C)C)C1.